The number of Topliss-reactive ketones (excluding diaryl/α,β-unsaturated/α-hetero) is 1. The van der Waals surface area contributed by atoms with Crippen LogP contribution in [0.2, 0.25) is 10.0 Å². The zero-order valence-electron chi connectivity index (χ0n) is 12.4. The molecule has 0 atom stereocenters. The van der Waals surface area contributed by atoms with E-state index in [1.165, 1.54) is 17.4 Å². The molecule has 1 amide bonds. The van der Waals surface area contributed by atoms with Crippen molar-refractivity contribution in [1.82, 2.24) is 0 Å². The Kier molecular flexibility index (Phi) is 6.78. The Balaban J connectivity index is 1.73. The molecule has 0 spiro atoms. The molecule has 24 heavy (non-hydrogen) atoms. The van der Waals surface area contributed by atoms with Crippen molar-refractivity contribution in [2.24, 2.45) is 0 Å². The van der Waals surface area contributed by atoms with E-state index >= 15 is 0 Å². The van der Waals surface area contributed by atoms with E-state index in [0.717, 1.165) is 0 Å². The minimum absolute atomic E-state index is 0.0456. The van der Waals surface area contributed by atoms with Gasteiger partial charge in [0.25, 0.3) is 5.91 Å². The molecule has 0 aliphatic heterocycles. The monoisotopic (exact) mass is 385 g/mol. The van der Waals surface area contributed by atoms with Gasteiger partial charge in [0.15, 0.2) is 12.4 Å². The smallest absolute Gasteiger partial charge is 0.306 e. The molecule has 1 aromatic heterocycles. The molecule has 0 aliphatic carbocycles. The molecule has 8 heteroatoms. The minimum Gasteiger partial charge on any atom is -0.456 e. The van der Waals surface area contributed by atoms with E-state index in [-0.39, 0.29) is 23.6 Å². The molecule has 2 aromatic rings. The van der Waals surface area contributed by atoms with Gasteiger partial charge in [-0.05, 0) is 29.6 Å². The van der Waals surface area contributed by atoms with Crippen molar-refractivity contribution in [1.29, 1.82) is 0 Å². The average Bonchev–Trinajstić information content (AvgIpc) is 3.08. The number of anilines is 1. The summed E-state index contributed by atoms with van der Waals surface area (Å²) >= 11 is 13.0. The highest BCUT2D eigenvalue weighted by Gasteiger charge is 2.13. The van der Waals surface area contributed by atoms with Gasteiger partial charge in [0.1, 0.15) is 0 Å². The molecule has 0 aliphatic rings. The van der Waals surface area contributed by atoms with Gasteiger partial charge < -0.3 is 10.1 Å². The van der Waals surface area contributed by atoms with Gasteiger partial charge in [0, 0.05) is 11.4 Å². The number of carbonyl (C=O) groups excluding carboxylic acids is 3. The van der Waals surface area contributed by atoms with Crippen molar-refractivity contribution in [2.75, 3.05) is 11.9 Å². The number of hydrogen-bond donors (Lipinski definition) is 1. The summed E-state index contributed by atoms with van der Waals surface area (Å²) in [5.41, 5.74) is 0.370. The number of benzene rings is 1. The Morgan fingerprint density at radius 2 is 1.92 bits per heavy atom. The highest BCUT2D eigenvalue weighted by Crippen LogP contribution is 2.25. The molecule has 0 unspecified atom stereocenters. The van der Waals surface area contributed by atoms with Gasteiger partial charge in [-0.3, -0.25) is 14.4 Å². The number of rotatable bonds is 7. The fraction of sp³-hybridized carbons (Fsp3) is 0.188. The third-order valence-electron chi connectivity index (χ3n) is 2.92. The first-order valence-corrected chi connectivity index (χ1v) is 8.56. The van der Waals surface area contributed by atoms with E-state index in [4.69, 9.17) is 27.9 Å². The lowest BCUT2D eigenvalue weighted by Gasteiger charge is -2.08. The topological polar surface area (TPSA) is 72.5 Å². The van der Waals surface area contributed by atoms with Crippen LogP contribution in [0.15, 0.2) is 35.7 Å². The van der Waals surface area contributed by atoms with E-state index in [2.05, 4.69) is 5.32 Å². The average molecular weight is 386 g/mol. The van der Waals surface area contributed by atoms with Crippen LogP contribution in [0.25, 0.3) is 0 Å². The summed E-state index contributed by atoms with van der Waals surface area (Å²) in [4.78, 5) is 35.7. The molecule has 0 fully saturated rings. The lowest BCUT2D eigenvalue weighted by Crippen LogP contribution is -2.21. The van der Waals surface area contributed by atoms with Gasteiger partial charge >= 0.3 is 5.97 Å². The van der Waals surface area contributed by atoms with E-state index in [9.17, 15) is 14.4 Å². The maximum Gasteiger partial charge on any atom is 0.306 e. The number of ketones is 1. The molecule has 0 radical (unpaired) electrons. The first kappa shape index (κ1) is 18.4. The number of ether oxygens (including phenoxy) is 1. The van der Waals surface area contributed by atoms with E-state index < -0.39 is 18.5 Å². The maximum absolute atomic E-state index is 11.8. The number of thiophene rings is 1. The van der Waals surface area contributed by atoms with Crippen molar-refractivity contribution in [3.05, 3.63) is 50.6 Å². The number of carbonyl (C=O) groups is 3. The van der Waals surface area contributed by atoms with Gasteiger partial charge in [-0.1, -0.05) is 29.3 Å². The summed E-state index contributed by atoms with van der Waals surface area (Å²) in [6.45, 7) is -0.453. The van der Waals surface area contributed by atoms with Crippen molar-refractivity contribution in [3.63, 3.8) is 0 Å². The highest BCUT2D eigenvalue weighted by atomic mass is 35.5. The van der Waals surface area contributed by atoms with Gasteiger partial charge in [-0.25, -0.2) is 0 Å². The maximum atomic E-state index is 11.8. The zero-order chi connectivity index (χ0) is 17.5. The van der Waals surface area contributed by atoms with Gasteiger partial charge in [0.2, 0.25) is 0 Å². The second-order valence-corrected chi connectivity index (χ2v) is 6.52. The number of hydrogen-bond acceptors (Lipinski definition) is 5. The first-order chi connectivity index (χ1) is 11.5. The molecular weight excluding hydrogens is 373 g/mol. The SMILES string of the molecule is O=C(COC(=O)CCC(=O)c1cccs1)Nc1ccc(Cl)cc1Cl. The lowest BCUT2D eigenvalue weighted by atomic mass is 10.2. The molecule has 1 N–H and O–H groups in total. The largest absolute Gasteiger partial charge is 0.456 e. The van der Waals surface area contributed by atoms with E-state index in [0.29, 0.717) is 15.6 Å². The van der Waals surface area contributed by atoms with Crippen molar-refractivity contribution < 1.29 is 19.1 Å². The van der Waals surface area contributed by atoms with Crippen molar-refractivity contribution >= 4 is 57.9 Å². The van der Waals surface area contributed by atoms with E-state index in [1.54, 1.807) is 29.6 Å². The normalized spacial score (nSPS) is 10.2. The molecule has 1 heterocycles. The molecule has 126 valence electrons. The number of nitrogens with one attached hydrogen (secondary N) is 1. The van der Waals surface area contributed by atoms with Crippen LogP contribution < -0.4 is 5.32 Å². The third-order valence-corrected chi connectivity index (χ3v) is 4.38. The summed E-state index contributed by atoms with van der Waals surface area (Å²) in [5.74, 6) is -1.27. The first-order valence-electron chi connectivity index (χ1n) is 6.93. The van der Waals surface area contributed by atoms with Crippen LogP contribution in [0.1, 0.15) is 22.5 Å². The molecule has 1 aromatic carbocycles. The van der Waals surface area contributed by atoms with E-state index in [1.807, 2.05) is 0 Å². The lowest BCUT2D eigenvalue weighted by molar-refractivity contribution is -0.147. The van der Waals surface area contributed by atoms with Crippen LogP contribution in [0.5, 0.6) is 0 Å². The Morgan fingerprint density at radius 3 is 2.58 bits per heavy atom. The summed E-state index contributed by atoms with van der Waals surface area (Å²) in [5, 5.41) is 5.02. The van der Waals surface area contributed by atoms with Crippen LogP contribution in [0.4, 0.5) is 5.69 Å². The Morgan fingerprint density at radius 1 is 1.12 bits per heavy atom. The van der Waals surface area contributed by atoms with Crippen molar-refractivity contribution in [2.45, 2.75) is 12.8 Å². The van der Waals surface area contributed by atoms with Crippen LogP contribution in [-0.4, -0.2) is 24.3 Å². The molecule has 0 saturated heterocycles. The van der Waals surface area contributed by atoms with Crippen LogP contribution >= 0.6 is 34.5 Å². The van der Waals surface area contributed by atoms with Crippen LogP contribution in [0.3, 0.4) is 0 Å². The van der Waals surface area contributed by atoms with Crippen LogP contribution in [0, 0.1) is 0 Å². The molecular formula is C16H13Cl2NO4S. The predicted molar refractivity (Wildman–Crippen MR) is 93.9 cm³/mol. The fourth-order valence-electron chi connectivity index (χ4n) is 1.77. The van der Waals surface area contributed by atoms with Gasteiger partial charge in [0.05, 0.1) is 22.0 Å². The summed E-state index contributed by atoms with van der Waals surface area (Å²) in [6.07, 6.45) is -0.0321. The Bertz CT molecular complexity index is 747. The molecule has 2 rings (SSSR count). The zero-order valence-corrected chi connectivity index (χ0v) is 14.7. The number of amides is 1. The Labute approximate surface area is 152 Å². The Hall–Kier alpha value is -1.89. The van der Waals surface area contributed by atoms with Crippen LogP contribution in [-0.2, 0) is 14.3 Å². The predicted octanol–water partition coefficient (Wildman–Crippen LogP) is 4.20. The summed E-state index contributed by atoms with van der Waals surface area (Å²) in [7, 11) is 0. The third kappa shape index (κ3) is 5.63. The standard InChI is InChI=1S/C16H13Cl2NO4S/c17-10-3-4-12(11(18)8-10)19-15(21)9-23-16(22)6-5-13(20)14-2-1-7-24-14/h1-4,7-8H,5-6,9H2,(H,19,21). The minimum atomic E-state index is -0.614. The second-order valence-electron chi connectivity index (χ2n) is 4.73. The number of esters is 1. The number of halogens is 2. The summed E-state index contributed by atoms with van der Waals surface area (Å²) < 4.78 is 4.84. The van der Waals surface area contributed by atoms with Gasteiger partial charge in [-0.2, -0.15) is 0 Å². The molecule has 5 nitrogen and oxygen atoms in total. The molecule has 0 saturated carbocycles. The van der Waals surface area contributed by atoms with Gasteiger partial charge in [-0.15, -0.1) is 11.3 Å². The fourth-order valence-corrected chi connectivity index (χ4v) is 2.92. The molecule has 0 bridgehead atoms. The summed E-state index contributed by atoms with van der Waals surface area (Å²) in [6, 6.07) is 8.07. The highest BCUT2D eigenvalue weighted by molar-refractivity contribution is 7.12. The van der Waals surface area contributed by atoms with Crippen molar-refractivity contribution in [3.8, 4) is 0 Å². The second kappa shape index (κ2) is 8.82. The quantitative estimate of drug-likeness (QED) is 0.572.